The van der Waals surface area contributed by atoms with Crippen LogP contribution < -0.4 is 14.8 Å². The molecular formula is C23H18F5N5O4S. The molecule has 0 saturated carbocycles. The number of fused-ring (bicyclic) bond motifs is 1. The van der Waals surface area contributed by atoms with Gasteiger partial charge in [-0.15, -0.1) is 0 Å². The molecule has 1 amide bonds. The molecule has 0 aliphatic carbocycles. The third-order valence-corrected chi connectivity index (χ3v) is 6.67. The molecule has 2 aromatic carbocycles. The summed E-state index contributed by atoms with van der Waals surface area (Å²) < 4.78 is 98.8. The fraction of sp³-hybridized carbons (Fsp3) is 0.174. The van der Waals surface area contributed by atoms with Gasteiger partial charge in [-0.05, 0) is 36.4 Å². The van der Waals surface area contributed by atoms with E-state index in [1.165, 1.54) is 24.3 Å². The van der Waals surface area contributed by atoms with Crippen molar-refractivity contribution in [3.63, 3.8) is 0 Å². The number of hydrogen-bond donors (Lipinski definition) is 2. The summed E-state index contributed by atoms with van der Waals surface area (Å²) in [4.78, 5) is 16.5. The molecule has 0 radical (unpaired) electrons. The van der Waals surface area contributed by atoms with Crippen molar-refractivity contribution in [2.75, 3.05) is 11.9 Å². The van der Waals surface area contributed by atoms with Crippen LogP contribution in [0.15, 0.2) is 65.7 Å². The third-order valence-electron chi connectivity index (χ3n) is 5.13. The Labute approximate surface area is 212 Å². The summed E-state index contributed by atoms with van der Waals surface area (Å²) in [6.45, 7) is 1.75. The molecule has 15 heteroatoms. The molecule has 0 fully saturated rings. The molecule has 0 bridgehead atoms. The Bertz CT molecular complexity index is 1590. The minimum absolute atomic E-state index is 0.0668. The zero-order valence-corrected chi connectivity index (χ0v) is 20.1. The van der Waals surface area contributed by atoms with E-state index in [0.29, 0.717) is 0 Å². The SMILES string of the molecule is CCNS(=O)(=O)c1cccc(NC(=O)Oc2cnn3c(C(F)F)cc(-c4ccc(C(F)(F)F)cc4)nc23)c1. The number of amides is 1. The zero-order chi connectivity index (χ0) is 27.7. The van der Waals surface area contributed by atoms with Crippen molar-refractivity contribution in [2.24, 2.45) is 0 Å². The predicted molar refractivity (Wildman–Crippen MR) is 125 cm³/mol. The van der Waals surface area contributed by atoms with Crippen LogP contribution in [-0.2, 0) is 16.2 Å². The third kappa shape index (κ3) is 5.73. The van der Waals surface area contributed by atoms with E-state index in [9.17, 15) is 35.2 Å². The number of hydrogen-bond acceptors (Lipinski definition) is 6. The Balaban J connectivity index is 1.64. The van der Waals surface area contributed by atoms with Crippen LogP contribution in [0.5, 0.6) is 5.75 Å². The van der Waals surface area contributed by atoms with Gasteiger partial charge in [0.25, 0.3) is 6.43 Å². The van der Waals surface area contributed by atoms with Crippen molar-refractivity contribution in [3.8, 4) is 17.0 Å². The van der Waals surface area contributed by atoms with Gasteiger partial charge >= 0.3 is 12.3 Å². The van der Waals surface area contributed by atoms with Crippen LogP contribution in [0.3, 0.4) is 0 Å². The second-order valence-electron chi connectivity index (χ2n) is 7.73. The second-order valence-corrected chi connectivity index (χ2v) is 9.50. The van der Waals surface area contributed by atoms with Crippen molar-refractivity contribution < 1.29 is 39.9 Å². The summed E-state index contributed by atoms with van der Waals surface area (Å²) in [5, 5.41) is 6.11. The Morgan fingerprint density at radius 2 is 1.82 bits per heavy atom. The normalized spacial score (nSPS) is 12.2. The van der Waals surface area contributed by atoms with Crippen LogP contribution in [0.2, 0.25) is 0 Å². The van der Waals surface area contributed by atoms with Crippen LogP contribution in [0.1, 0.15) is 24.6 Å². The molecule has 4 aromatic rings. The lowest BCUT2D eigenvalue weighted by molar-refractivity contribution is -0.137. The van der Waals surface area contributed by atoms with Crippen LogP contribution in [0.25, 0.3) is 16.9 Å². The maximum atomic E-state index is 13.7. The van der Waals surface area contributed by atoms with Crippen molar-refractivity contribution in [1.82, 2.24) is 19.3 Å². The Morgan fingerprint density at radius 1 is 1.11 bits per heavy atom. The highest BCUT2D eigenvalue weighted by Crippen LogP contribution is 2.33. The molecule has 2 N–H and O–H groups in total. The number of anilines is 1. The largest absolute Gasteiger partial charge is 0.417 e. The maximum absolute atomic E-state index is 13.7. The van der Waals surface area contributed by atoms with E-state index in [2.05, 4.69) is 20.1 Å². The van der Waals surface area contributed by atoms with Gasteiger partial charge in [0.05, 0.1) is 22.3 Å². The molecule has 0 unspecified atom stereocenters. The monoisotopic (exact) mass is 555 g/mol. The molecule has 2 heterocycles. The van der Waals surface area contributed by atoms with Gasteiger partial charge in [-0.3, -0.25) is 5.32 Å². The number of nitrogens with zero attached hydrogens (tertiary/aromatic N) is 3. The number of rotatable bonds is 7. The Hall–Kier alpha value is -4.11. The zero-order valence-electron chi connectivity index (χ0n) is 19.3. The molecule has 0 spiro atoms. The molecule has 0 aliphatic heterocycles. The van der Waals surface area contributed by atoms with Crippen LogP contribution in [0, 0.1) is 0 Å². The fourth-order valence-electron chi connectivity index (χ4n) is 3.43. The summed E-state index contributed by atoms with van der Waals surface area (Å²) in [5.74, 6) is -0.324. The van der Waals surface area contributed by atoms with Gasteiger partial charge in [-0.25, -0.2) is 36.2 Å². The molecule has 2 aromatic heterocycles. The highest BCUT2D eigenvalue weighted by molar-refractivity contribution is 7.89. The number of alkyl halides is 5. The first-order chi connectivity index (χ1) is 17.9. The van der Waals surface area contributed by atoms with Gasteiger partial charge in [0.15, 0.2) is 11.4 Å². The first-order valence-electron chi connectivity index (χ1n) is 10.8. The number of halogens is 5. The van der Waals surface area contributed by atoms with E-state index >= 15 is 0 Å². The summed E-state index contributed by atoms with van der Waals surface area (Å²) in [5.41, 5.74) is -1.79. The summed E-state index contributed by atoms with van der Waals surface area (Å²) in [7, 11) is -3.80. The Morgan fingerprint density at radius 3 is 2.45 bits per heavy atom. The fourth-order valence-corrected chi connectivity index (χ4v) is 4.52. The topological polar surface area (TPSA) is 115 Å². The average molecular weight is 555 g/mol. The van der Waals surface area contributed by atoms with Gasteiger partial charge in [0.1, 0.15) is 5.69 Å². The number of nitrogens with one attached hydrogen (secondary N) is 2. The number of ether oxygens (including phenoxy) is 1. The van der Waals surface area contributed by atoms with Crippen LogP contribution in [-0.4, -0.2) is 35.7 Å². The van der Waals surface area contributed by atoms with Gasteiger partial charge in [-0.1, -0.05) is 25.1 Å². The smallest absolute Gasteiger partial charge is 0.404 e. The number of aromatic nitrogens is 3. The first-order valence-corrected chi connectivity index (χ1v) is 12.3. The van der Waals surface area contributed by atoms with Crippen molar-refractivity contribution in [2.45, 2.75) is 24.4 Å². The van der Waals surface area contributed by atoms with E-state index in [1.807, 2.05) is 0 Å². The highest BCUT2D eigenvalue weighted by Gasteiger charge is 2.30. The minimum Gasteiger partial charge on any atom is -0.404 e. The van der Waals surface area contributed by atoms with Gasteiger partial charge in [-0.2, -0.15) is 18.3 Å². The quantitative estimate of drug-likeness (QED) is 0.301. The number of sulfonamides is 1. The molecule has 0 aliphatic rings. The second kappa shape index (κ2) is 10.3. The van der Waals surface area contributed by atoms with Crippen molar-refractivity contribution >= 4 is 27.5 Å². The molecule has 4 rings (SSSR count). The molecule has 9 nitrogen and oxygen atoms in total. The number of benzene rings is 2. The molecule has 200 valence electrons. The summed E-state index contributed by atoms with van der Waals surface area (Å²) in [6, 6.07) is 9.99. The lowest BCUT2D eigenvalue weighted by atomic mass is 10.1. The van der Waals surface area contributed by atoms with Gasteiger partial charge in [0, 0.05) is 17.8 Å². The number of carbonyl (C=O) groups is 1. The van der Waals surface area contributed by atoms with Gasteiger partial charge in [0.2, 0.25) is 10.0 Å². The van der Waals surface area contributed by atoms with E-state index in [4.69, 9.17) is 4.74 Å². The van der Waals surface area contributed by atoms with Crippen molar-refractivity contribution in [3.05, 3.63) is 72.1 Å². The summed E-state index contributed by atoms with van der Waals surface area (Å²) >= 11 is 0. The first kappa shape index (κ1) is 26.9. The molecule has 38 heavy (non-hydrogen) atoms. The molecular weight excluding hydrogens is 537 g/mol. The Kier molecular flexibility index (Phi) is 7.33. The van der Waals surface area contributed by atoms with E-state index < -0.39 is 40.0 Å². The van der Waals surface area contributed by atoms with Crippen LogP contribution in [0.4, 0.5) is 32.4 Å². The predicted octanol–water partition coefficient (Wildman–Crippen LogP) is 5.26. The summed E-state index contributed by atoms with van der Waals surface area (Å²) in [6.07, 6.45) is -7.76. The standard InChI is InChI=1S/C23H18F5N5O4S/c1-2-30-38(35,36)16-5-3-4-15(10-16)31-22(34)37-19-12-29-33-18(20(24)25)11-17(32-21(19)33)13-6-8-14(9-7-13)23(26,27)28/h3-12,20,30H,2H2,1H3,(H,31,34). The lowest BCUT2D eigenvalue weighted by Gasteiger charge is -2.11. The average Bonchev–Trinajstić information content (AvgIpc) is 3.25. The molecule has 0 atom stereocenters. The molecule has 0 saturated heterocycles. The van der Waals surface area contributed by atoms with Gasteiger partial charge < -0.3 is 4.74 Å². The lowest BCUT2D eigenvalue weighted by Crippen LogP contribution is -2.23. The van der Waals surface area contributed by atoms with Crippen LogP contribution >= 0.6 is 0 Å². The van der Waals surface area contributed by atoms with E-state index in [0.717, 1.165) is 41.0 Å². The highest BCUT2D eigenvalue weighted by atomic mass is 32.2. The minimum atomic E-state index is -4.58. The van der Waals surface area contributed by atoms with E-state index in [-0.39, 0.29) is 39.8 Å². The van der Waals surface area contributed by atoms with E-state index in [1.54, 1.807) is 6.92 Å². The maximum Gasteiger partial charge on any atom is 0.417 e. The van der Waals surface area contributed by atoms with Crippen molar-refractivity contribution in [1.29, 1.82) is 0 Å². The number of carbonyl (C=O) groups excluding carboxylic acids is 1.